The number of nitrogens with one attached hydrogen (secondary N) is 1. The Kier molecular flexibility index (Phi) is 4.52. The Morgan fingerprint density at radius 2 is 1.90 bits per heavy atom. The molecule has 2 N–H and O–H groups in total. The molecule has 0 spiro atoms. The van der Waals surface area contributed by atoms with E-state index in [1.807, 2.05) is 11.8 Å². The molecule has 1 atom stereocenters. The van der Waals surface area contributed by atoms with Crippen molar-refractivity contribution >= 4 is 23.8 Å². The summed E-state index contributed by atoms with van der Waals surface area (Å²) < 4.78 is 0.148. The first-order chi connectivity index (χ1) is 9.43. The third kappa shape index (κ3) is 2.75. The Hall–Kier alpha value is -0.910. The zero-order valence-electron chi connectivity index (χ0n) is 12.3. The van der Waals surface area contributed by atoms with Gasteiger partial charge in [0, 0.05) is 17.8 Å². The lowest BCUT2D eigenvalue weighted by atomic mass is 10.00. The summed E-state index contributed by atoms with van der Waals surface area (Å²) in [4.78, 5) is 25.2. The highest BCUT2D eigenvalue weighted by molar-refractivity contribution is 8.00. The number of carboxylic acids is 1. The van der Waals surface area contributed by atoms with E-state index in [1.165, 1.54) is 17.7 Å². The maximum atomic E-state index is 12.3. The Morgan fingerprint density at radius 1 is 1.25 bits per heavy atom. The minimum absolute atomic E-state index is 0.148. The minimum atomic E-state index is -1.05. The van der Waals surface area contributed by atoms with Crippen LogP contribution in [0.1, 0.15) is 45.4 Å². The van der Waals surface area contributed by atoms with E-state index in [2.05, 4.69) is 11.6 Å². The molecule has 0 bridgehead atoms. The van der Waals surface area contributed by atoms with Crippen LogP contribution in [-0.2, 0) is 4.79 Å². The molecule has 2 rings (SSSR count). The van der Waals surface area contributed by atoms with Gasteiger partial charge in [0.1, 0.15) is 5.54 Å². The van der Waals surface area contributed by atoms with Crippen molar-refractivity contribution in [2.45, 2.75) is 55.7 Å². The number of thioether (sulfide) groups is 1. The second-order valence-electron chi connectivity index (χ2n) is 6.09. The molecule has 2 amide bonds. The summed E-state index contributed by atoms with van der Waals surface area (Å²) >= 11 is 1.82. The molecule has 6 heteroatoms. The van der Waals surface area contributed by atoms with E-state index >= 15 is 0 Å². The first kappa shape index (κ1) is 15.5. The Bertz CT molecular complexity index is 396. The molecular weight excluding hydrogens is 276 g/mol. The van der Waals surface area contributed by atoms with Crippen molar-refractivity contribution in [3.63, 3.8) is 0 Å². The number of carbonyl (C=O) groups is 2. The van der Waals surface area contributed by atoms with Gasteiger partial charge in [0.25, 0.3) is 0 Å². The van der Waals surface area contributed by atoms with Crippen molar-refractivity contribution in [3.8, 4) is 0 Å². The van der Waals surface area contributed by atoms with E-state index in [1.54, 1.807) is 6.92 Å². The summed E-state index contributed by atoms with van der Waals surface area (Å²) in [5.74, 6) is -0.911. The van der Waals surface area contributed by atoms with Crippen LogP contribution in [0.2, 0.25) is 0 Å². The van der Waals surface area contributed by atoms with Crippen molar-refractivity contribution in [3.05, 3.63) is 0 Å². The van der Waals surface area contributed by atoms with E-state index in [0.717, 1.165) is 19.3 Å². The number of carbonyl (C=O) groups excluding carboxylic acids is 1. The predicted octanol–water partition coefficient (Wildman–Crippen LogP) is 2.31. The number of hydrogen-bond acceptors (Lipinski definition) is 3. The molecule has 2 fully saturated rings. The van der Waals surface area contributed by atoms with E-state index in [9.17, 15) is 14.7 Å². The lowest BCUT2D eigenvalue weighted by molar-refractivity contribution is -0.147. The Morgan fingerprint density at radius 3 is 2.45 bits per heavy atom. The van der Waals surface area contributed by atoms with Gasteiger partial charge in [-0.2, -0.15) is 11.8 Å². The van der Waals surface area contributed by atoms with E-state index in [-0.39, 0.29) is 10.8 Å². The van der Waals surface area contributed by atoms with Crippen LogP contribution in [-0.4, -0.2) is 51.6 Å². The molecule has 1 aliphatic carbocycles. The number of aliphatic carboxylic acids is 1. The molecule has 114 valence electrons. The van der Waals surface area contributed by atoms with Crippen molar-refractivity contribution in [2.24, 2.45) is 0 Å². The van der Waals surface area contributed by atoms with Crippen LogP contribution in [0.15, 0.2) is 0 Å². The van der Waals surface area contributed by atoms with Gasteiger partial charge in [-0.25, -0.2) is 9.59 Å². The van der Waals surface area contributed by atoms with Crippen LogP contribution in [0.25, 0.3) is 0 Å². The van der Waals surface area contributed by atoms with Crippen LogP contribution in [0.5, 0.6) is 0 Å². The van der Waals surface area contributed by atoms with Crippen molar-refractivity contribution in [2.75, 3.05) is 19.3 Å². The largest absolute Gasteiger partial charge is 0.480 e. The van der Waals surface area contributed by atoms with Crippen LogP contribution in [0, 0.1) is 0 Å². The van der Waals surface area contributed by atoms with Gasteiger partial charge in [0.05, 0.1) is 0 Å². The molecule has 1 saturated heterocycles. The number of nitrogens with zero attached hydrogens (tertiary/aromatic N) is 1. The average Bonchev–Trinajstić information content (AvgIpc) is 3.04. The SMILES string of the molecule is CSC1(CNC(=O)N2CCCC2(C)C(=O)O)CCCC1. The number of carboxylic acid groups (broad SMARTS) is 1. The first-order valence-electron chi connectivity index (χ1n) is 7.28. The van der Waals surface area contributed by atoms with Crippen LogP contribution in [0.4, 0.5) is 4.79 Å². The molecule has 0 aromatic heterocycles. The summed E-state index contributed by atoms with van der Waals surface area (Å²) in [5, 5.41) is 12.3. The number of likely N-dealkylation sites (tertiary alicyclic amines) is 1. The van der Waals surface area contributed by atoms with Gasteiger partial charge < -0.3 is 15.3 Å². The number of hydrogen-bond donors (Lipinski definition) is 2. The maximum absolute atomic E-state index is 12.3. The van der Waals surface area contributed by atoms with Crippen molar-refractivity contribution in [1.29, 1.82) is 0 Å². The van der Waals surface area contributed by atoms with Gasteiger partial charge in [-0.05, 0) is 38.9 Å². The predicted molar refractivity (Wildman–Crippen MR) is 80.1 cm³/mol. The number of rotatable bonds is 4. The fraction of sp³-hybridized carbons (Fsp3) is 0.857. The standard InChI is InChI=1S/C14H24N2O3S/c1-13(11(17)18)6-5-9-16(13)12(19)15-10-14(20-2)7-3-4-8-14/h3-10H2,1-2H3,(H,15,19)(H,17,18). The quantitative estimate of drug-likeness (QED) is 0.836. The first-order valence-corrected chi connectivity index (χ1v) is 8.50. The zero-order valence-corrected chi connectivity index (χ0v) is 13.1. The molecule has 1 heterocycles. The highest BCUT2D eigenvalue weighted by atomic mass is 32.2. The van der Waals surface area contributed by atoms with Crippen molar-refractivity contribution in [1.82, 2.24) is 10.2 Å². The van der Waals surface area contributed by atoms with Gasteiger partial charge in [-0.3, -0.25) is 0 Å². The monoisotopic (exact) mass is 300 g/mol. The molecule has 1 saturated carbocycles. The minimum Gasteiger partial charge on any atom is -0.480 e. The van der Waals surface area contributed by atoms with Crippen LogP contribution >= 0.6 is 11.8 Å². The van der Waals surface area contributed by atoms with E-state index in [4.69, 9.17) is 0 Å². The summed E-state index contributed by atoms with van der Waals surface area (Å²) in [7, 11) is 0. The number of urea groups is 1. The van der Waals surface area contributed by atoms with Crippen LogP contribution in [0.3, 0.4) is 0 Å². The fourth-order valence-electron chi connectivity index (χ4n) is 3.32. The summed E-state index contributed by atoms with van der Waals surface area (Å²) in [6, 6.07) is -0.229. The molecule has 1 aliphatic heterocycles. The second kappa shape index (κ2) is 5.84. The van der Waals surface area contributed by atoms with Gasteiger partial charge >= 0.3 is 12.0 Å². The molecule has 5 nitrogen and oxygen atoms in total. The molecule has 1 unspecified atom stereocenters. The topological polar surface area (TPSA) is 69.6 Å². The smallest absolute Gasteiger partial charge is 0.329 e. The van der Waals surface area contributed by atoms with Gasteiger partial charge in [0.2, 0.25) is 0 Å². The van der Waals surface area contributed by atoms with Gasteiger partial charge in [-0.1, -0.05) is 12.8 Å². The van der Waals surface area contributed by atoms with Gasteiger partial charge in [-0.15, -0.1) is 0 Å². The summed E-state index contributed by atoms with van der Waals surface area (Å²) in [5.41, 5.74) is -1.05. The Labute approximate surface area is 124 Å². The molecular formula is C14H24N2O3S. The highest BCUT2D eigenvalue weighted by Gasteiger charge is 2.46. The van der Waals surface area contributed by atoms with E-state index in [0.29, 0.717) is 19.5 Å². The van der Waals surface area contributed by atoms with E-state index < -0.39 is 11.5 Å². The highest BCUT2D eigenvalue weighted by Crippen LogP contribution is 2.39. The molecule has 0 aromatic carbocycles. The Balaban J connectivity index is 1.96. The maximum Gasteiger partial charge on any atom is 0.329 e. The summed E-state index contributed by atoms with van der Waals surface area (Å²) in [6.07, 6.45) is 8.07. The van der Waals surface area contributed by atoms with Crippen molar-refractivity contribution < 1.29 is 14.7 Å². The molecule has 0 aromatic rings. The number of amides is 2. The lowest BCUT2D eigenvalue weighted by Gasteiger charge is -2.33. The zero-order chi connectivity index (χ0) is 14.8. The third-order valence-electron chi connectivity index (χ3n) is 4.86. The third-order valence-corrected chi connectivity index (χ3v) is 6.28. The van der Waals surface area contributed by atoms with Crippen LogP contribution < -0.4 is 5.32 Å². The normalized spacial score (nSPS) is 28.6. The molecule has 0 radical (unpaired) electrons. The lowest BCUT2D eigenvalue weighted by Crippen LogP contribution is -2.55. The molecule has 2 aliphatic rings. The fourth-order valence-corrected chi connectivity index (χ4v) is 4.23. The summed E-state index contributed by atoms with van der Waals surface area (Å²) in [6.45, 7) is 2.81. The second-order valence-corrected chi connectivity index (χ2v) is 7.36. The van der Waals surface area contributed by atoms with Gasteiger partial charge in [0.15, 0.2) is 0 Å². The average molecular weight is 300 g/mol. The molecule has 20 heavy (non-hydrogen) atoms.